The van der Waals surface area contributed by atoms with Crippen molar-refractivity contribution >= 4 is 15.8 Å². The summed E-state index contributed by atoms with van der Waals surface area (Å²) < 4.78 is 22.5. The van der Waals surface area contributed by atoms with E-state index in [0.717, 1.165) is 0 Å². The molecule has 1 unspecified atom stereocenters. The van der Waals surface area contributed by atoms with Crippen LogP contribution in [0.4, 0.5) is 0 Å². The van der Waals surface area contributed by atoms with Gasteiger partial charge in [-0.05, 0) is 18.3 Å². The summed E-state index contributed by atoms with van der Waals surface area (Å²) in [6, 6.07) is 0. The van der Waals surface area contributed by atoms with Crippen LogP contribution in [0.2, 0.25) is 0 Å². The van der Waals surface area contributed by atoms with Crippen LogP contribution < -0.4 is 0 Å². The van der Waals surface area contributed by atoms with E-state index in [4.69, 9.17) is 5.11 Å². The molecule has 0 aliphatic rings. The number of carboxylic acid groups (broad SMARTS) is 1. The first-order valence-corrected chi connectivity index (χ1v) is 7.35. The standard InChI is InChI=1S/C11H22O4S/c1-5-16(14,15)8-6-7-9(10(12)13)11(2,3)4/h9H,5-8H2,1-4H3,(H,12,13). The Hall–Kier alpha value is -0.580. The SMILES string of the molecule is CCS(=O)(=O)CCCC(C(=O)O)C(C)(C)C. The molecule has 0 fully saturated rings. The molecular formula is C11H22O4S. The van der Waals surface area contributed by atoms with Crippen LogP contribution in [0.5, 0.6) is 0 Å². The predicted octanol–water partition coefficient (Wildman–Crippen LogP) is 1.95. The molecule has 0 heterocycles. The van der Waals surface area contributed by atoms with Crippen molar-refractivity contribution < 1.29 is 18.3 Å². The van der Waals surface area contributed by atoms with Crippen molar-refractivity contribution in [2.24, 2.45) is 11.3 Å². The monoisotopic (exact) mass is 250 g/mol. The van der Waals surface area contributed by atoms with E-state index < -0.39 is 21.7 Å². The summed E-state index contributed by atoms with van der Waals surface area (Å²) in [6.07, 6.45) is 0.836. The molecule has 0 aliphatic carbocycles. The minimum Gasteiger partial charge on any atom is -0.481 e. The number of carbonyl (C=O) groups is 1. The Labute approximate surface area is 98.0 Å². The number of sulfone groups is 1. The van der Waals surface area contributed by atoms with Crippen molar-refractivity contribution in [1.82, 2.24) is 0 Å². The minimum absolute atomic E-state index is 0.0867. The van der Waals surface area contributed by atoms with E-state index >= 15 is 0 Å². The van der Waals surface area contributed by atoms with Crippen molar-refractivity contribution in [1.29, 1.82) is 0 Å². The zero-order valence-electron chi connectivity index (χ0n) is 10.5. The van der Waals surface area contributed by atoms with E-state index in [-0.39, 0.29) is 16.9 Å². The third-order valence-electron chi connectivity index (χ3n) is 2.73. The van der Waals surface area contributed by atoms with Crippen LogP contribution in [0.25, 0.3) is 0 Å². The highest BCUT2D eigenvalue weighted by molar-refractivity contribution is 7.91. The fourth-order valence-electron chi connectivity index (χ4n) is 1.58. The zero-order chi connectivity index (χ0) is 13.0. The second-order valence-electron chi connectivity index (χ2n) is 5.14. The third-order valence-corrected chi connectivity index (χ3v) is 4.52. The van der Waals surface area contributed by atoms with Gasteiger partial charge in [0.05, 0.1) is 11.7 Å². The van der Waals surface area contributed by atoms with Crippen LogP contribution in [0.1, 0.15) is 40.5 Å². The number of carboxylic acids is 1. The lowest BCUT2D eigenvalue weighted by molar-refractivity contribution is -0.145. The highest BCUT2D eigenvalue weighted by Crippen LogP contribution is 2.30. The van der Waals surface area contributed by atoms with E-state index in [2.05, 4.69) is 0 Å². The molecule has 0 spiro atoms. The smallest absolute Gasteiger partial charge is 0.307 e. The lowest BCUT2D eigenvalue weighted by Gasteiger charge is -2.26. The van der Waals surface area contributed by atoms with Crippen LogP contribution in [-0.4, -0.2) is 31.0 Å². The highest BCUT2D eigenvalue weighted by Gasteiger charge is 2.30. The van der Waals surface area contributed by atoms with Crippen molar-refractivity contribution in [2.45, 2.75) is 40.5 Å². The first kappa shape index (κ1) is 15.4. The van der Waals surface area contributed by atoms with E-state index in [1.54, 1.807) is 6.92 Å². The molecule has 0 radical (unpaired) electrons. The Balaban J connectivity index is 4.32. The van der Waals surface area contributed by atoms with Crippen LogP contribution in [0.15, 0.2) is 0 Å². The number of hydrogen-bond donors (Lipinski definition) is 1. The molecule has 0 aliphatic heterocycles. The van der Waals surface area contributed by atoms with Gasteiger partial charge in [-0.15, -0.1) is 0 Å². The largest absolute Gasteiger partial charge is 0.481 e. The van der Waals surface area contributed by atoms with Crippen molar-refractivity contribution in [3.8, 4) is 0 Å². The van der Waals surface area contributed by atoms with E-state index in [1.165, 1.54) is 0 Å². The summed E-state index contributed by atoms with van der Waals surface area (Å²) in [5.41, 5.74) is -0.332. The van der Waals surface area contributed by atoms with Crippen LogP contribution >= 0.6 is 0 Å². The van der Waals surface area contributed by atoms with Gasteiger partial charge in [-0.2, -0.15) is 0 Å². The Morgan fingerprint density at radius 1 is 1.31 bits per heavy atom. The topological polar surface area (TPSA) is 71.4 Å². The molecule has 0 amide bonds. The van der Waals surface area contributed by atoms with E-state index in [0.29, 0.717) is 12.8 Å². The van der Waals surface area contributed by atoms with Gasteiger partial charge in [0.1, 0.15) is 9.84 Å². The maximum Gasteiger partial charge on any atom is 0.307 e. The molecule has 5 heteroatoms. The zero-order valence-corrected chi connectivity index (χ0v) is 11.3. The van der Waals surface area contributed by atoms with Gasteiger partial charge < -0.3 is 5.11 Å². The number of hydrogen-bond acceptors (Lipinski definition) is 3. The summed E-state index contributed by atoms with van der Waals surface area (Å²) in [5, 5.41) is 9.05. The molecule has 1 atom stereocenters. The summed E-state index contributed by atoms with van der Waals surface area (Å²) in [4.78, 5) is 11.0. The molecule has 0 rings (SSSR count). The molecule has 0 aromatic rings. The number of rotatable bonds is 6. The second-order valence-corrected chi connectivity index (χ2v) is 7.61. The molecule has 0 aromatic heterocycles. The normalized spacial score (nSPS) is 14.8. The van der Waals surface area contributed by atoms with Gasteiger partial charge >= 0.3 is 5.97 Å². The molecule has 16 heavy (non-hydrogen) atoms. The van der Waals surface area contributed by atoms with E-state index in [1.807, 2.05) is 20.8 Å². The average molecular weight is 250 g/mol. The van der Waals surface area contributed by atoms with Gasteiger partial charge in [0.15, 0.2) is 0 Å². The second kappa shape index (κ2) is 5.66. The molecule has 1 N–H and O–H groups in total. The molecule has 4 nitrogen and oxygen atoms in total. The Kier molecular flexibility index (Phi) is 5.46. The van der Waals surface area contributed by atoms with Gasteiger partial charge in [-0.25, -0.2) is 8.42 Å². The van der Waals surface area contributed by atoms with Crippen molar-refractivity contribution in [2.75, 3.05) is 11.5 Å². The fraction of sp³-hybridized carbons (Fsp3) is 0.909. The molecule has 0 bridgehead atoms. The Morgan fingerprint density at radius 2 is 1.81 bits per heavy atom. The van der Waals surface area contributed by atoms with E-state index in [9.17, 15) is 13.2 Å². The third kappa shape index (κ3) is 5.49. The lowest BCUT2D eigenvalue weighted by atomic mass is 9.78. The minimum atomic E-state index is -2.98. The summed E-state index contributed by atoms with van der Waals surface area (Å²) in [7, 11) is -2.98. The average Bonchev–Trinajstić information content (AvgIpc) is 2.09. The number of aliphatic carboxylic acids is 1. The van der Waals surface area contributed by atoms with Gasteiger partial charge in [0.2, 0.25) is 0 Å². The van der Waals surface area contributed by atoms with Crippen molar-refractivity contribution in [3.63, 3.8) is 0 Å². The Bertz CT molecular complexity index is 324. The maximum atomic E-state index is 11.3. The summed E-state index contributed by atoms with van der Waals surface area (Å²) in [6.45, 7) is 7.19. The fourth-order valence-corrected chi connectivity index (χ4v) is 2.47. The first-order valence-electron chi connectivity index (χ1n) is 5.53. The molecule has 0 saturated carbocycles. The molecular weight excluding hydrogens is 228 g/mol. The van der Waals surface area contributed by atoms with Gasteiger partial charge in [-0.1, -0.05) is 27.7 Å². The molecule has 0 aromatic carbocycles. The Morgan fingerprint density at radius 3 is 2.12 bits per heavy atom. The van der Waals surface area contributed by atoms with Gasteiger partial charge in [0.25, 0.3) is 0 Å². The quantitative estimate of drug-likeness (QED) is 0.782. The lowest BCUT2D eigenvalue weighted by Crippen LogP contribution is -2.29. The molecule has 96 valence electrons. The predicted molar refractivity (Wildman–Crippen MR) is 64.1 cm³/mol. The van der Waals surface area contributed by atoms with Crippen LogP contribution in [-0.2, 0) is 14.6 Å². The summed E-state index contributed by atoms with van der Waals surface area (Å²) >= 11 is 0. The first-order chi connectivity index (χ1) is 7.10. The maximum absolute atomic E-state index is 11.3. The summed E-state index contributed by atoms with van der Waals surface area (Å²) in [5.74, 6) is -1.12. The van der Waals surface area contributed by atoms with Crippen LogP contribution in [0.3, 0.4) is 0 Å². The highest BCUT2D eigenvalue weighted by atomic mass is 32.2. The van der Waals surface area contributed by atoms with Gasteiger partial charge in [-0.3, -0.25) is 4.79 Å². The van der Waals surface area contributed by atoms with Crippen LogP contribution in [0, 0.1) is 11.3 Å². The van der Waals surface area contributed by atoms with Gasteiger partial charge in [0, 0.05) is 5.75 Å². The molecule has 0 saturated heterocycles. The van der Waals surface area contributed by atoms with Crippen molar-refractivity contribution in [3.05, 3.63) is 0 Å².